The molecule has 1 fully saturated rings. The van der Waals surface area contributed by atoms with E-state index in [2.05, 4.69) is 0 Å². The third-order valence-electron chi connectivity index (χ3n) is 3.17. The topological polar surface area (TPSA) is 23.5 Å². The first-order valence-electron chi connectivity index (χ1n) is 5.35. The van der Waals surface area contributed by atoms with Crippen molar-refractivity contribution in [1.82, 2.24) is 0 Å². The van der Waals surface area contributed by atoms with Crippen molar-refractivity contribution < 1.29 is 9.50 Å². The van der Waals surface area contributed by atoms with E-state index in [1.54, 1.807) is 12.1 Å². The van der Waals surface area contributed by atoms with Crippen LogP contribution in [0.3, 0.4) is 0 Å². The standard InChI is InChI=1S/C12H16FNO/c1-14(11-7-4-8-12(11)15)10-6-3-2-5-9(10)13/h2-3,5-6,11-12,15H,4,7-8H2,1H3/t11-,12-/m0/s1. The van der Waals surface area contributed by atoms with Gasteiger partial charge in [-0.25, -0.2) is 4.39 Å². The van der Waals surface area contributed by atoms with Crippen molar-refractivity contribution in [2.24, 2.45) is 0 Å². The summed E-state index contributed by atoms with van der Waals surface area (Å²) in [7, 11) is 1.84. The number of aliphatic hydroxyl groups excluding tert-OH is 1. The fourth-order valence-electron chi connectivity index (χ4n) is 2.29. The predicted octanol–water partition coefficient (Wildman–Crippen LogP) is 2.18. The molecule has 2 rings (SSSR count). The Labute approximate surface area is 89.3 Å². The Morgan fingerprint density at radius 1 is 1.33 bits per heavy atom. The Hall–Kier alpha value is -1.09. The van der Waals surface area contributed by atoms with Gasteiger partial charge in [0, 0.05) is 7.05 Å². The first-order valence-corrected chi connectivity index (χ1v) is 5.35. The molecule has 0 radical (unpaired) electrons. The van der Waals surface area contributed by atoms with E-state index in [0.717, 1.165) is 19.3 Å². The molecule has 0 spiro atoms. The summed E-state index contributed by atoms with van der Waals surface area (Å²) in [4.78, 5) is 1.85. The van der Waals surface area contributed by atoms with Gasteiger partial charge in [-0.2, -0.15) is 0 Å². The number of hydrogen-bond donors (Lipinski definition) is 1. The van der Waals surface area contributed by atoms with Crippen molar-refractivity contribution >= 4 is 5.69 Å². The molecule has 0 saturated heterocycles. The van der Waals surface area contributed by atoms with Crippen LogP contribution in [0.15, 0.2) is 24.3 Å². The van der Waals surface area contributed by atoms with Crippen LogP contribution in [0.5, 0.6) is 0 Å². The Bertz CT molecular complexity index is 342. The van der Waals surface area contributed by atoms with Crippen molar-refractivity contribution in [3.8, 4) is 0 Å². The lowest BCUT2D eigenvalue weighted by Gasteiger charge is -2.29. The summed E-state index contributed by atoms with van der Waals surface area (Å²) in [5, 5.41) is 9.75. The number of likely N-dealkylation sites (N-methyl/N-ethyl adjacent to an activating group) is 1. The maximum absolute atomic E-state index is 13.5. The minimum atomic E-state index is -0.324. The van der Waals surface area contributed by atoms with E-state index in [4.69, 9.17) is 0 Å². The molecule has 0 unspecified atom stereocenters. The molecule has 0 amide bonds. The molecule has 1 aliphatic rings. The van der Waals surface area contributed by atoms with Crippen LogP contribution in [-0.2, 0) is 0 Å². The van der Waals surface area contributed by atoms with Gasteiger partial charge >= 0.3 is 0 Å². The molecule has 1 aromatic carbocycles. The highest BCUT2D eigenvalue weighted by atomic mass is 19.1. The second-order valence-electron chi connectivity index (χ2n) is 4.13. The number of halogens is 1. The molecule has 3 heteroatoms. The van der Waals surface area contributed by atoms with Gasteiger partial charge in [0.25, 0.3) is 0 Å². The monoisotopic (exact) mass is 209 g/mol. The van der Waals surface area contributed by atoms with Crippen molar-refractivity contribution in [1.29, 1.82) is 0 Å². The van der Waals surface area contributed by atoms with Crippen LogP contribution in [0.25, 0.3) is 0 Å². The Morgan fingerprint density at radius 3 is 2.67 bits per heavy atom. The van der Waals surface area contributed by atoms with Crippen molar-refractivity contribution in [2.45, 2.75) is 31.4 Å². The van der Waals surface area contributed by atoms with Gasteiger partial charge in [0.15, 0.2) is 0 Å². The molecule has 2 atom stereocenters. The van der Waals surface area contributed by atoms with Crippen LogP contribution in [0.1, 0.15) is 19.3 Å². The maximum Gasteiger partial charge on any atom is 0.146 e. The second kappa shape index (κ2) is 4.19. The number of hydrogen-bond acceptors (Lipinski definition) is 2. The molecule has 1 saturated carbocycles. The number of rotatable bonds is 2. The van der Waals surface area contributed by atoms with Gasteiger partial charge in [-0.3, -0.25) is 0 Å². The molecule has 2 nitrogen and oxygen atoms in total. The molecule has 0 bridgehead atoms. The average Bonchev–Trinajstić information content (AvgIpc) is 2.64. The number of aliphatic hydroxyl groups is 1. The minimum absolute atomic E-state index is 0.0573. The number of para-hydroxylation sites is 1. The third kappa shape index (κ3) is 1.97. The maximum atomic E-state index is 13.5. The van der Waals surface area contributed by atoms with Gasteiger partial charge < -0.3 is 10.0 Å². The van der Waals surface area contributed by atoms with Crippen LogP contribution in [0.4, 0.5) is 10.1 Å². The predicted molar refractivity (Wildman–Crippen MR) is 58.4 cm³/mol. The first-order chi connectivity index (χ1) is 7.20. The summed E-state index contributed by atoms with van der Waals surface area (Å²) in [6, 6.07) is 6.75. The quantitative estimate of drug-likeness (QED) is 0.807. The molecular formula is C12H16FNO. The molecule has 0 heterocycles. The van der Waals surface area contributed by atoms with E-state index in [1.807, 2.05) is 18.0 Å². The highest BCUT2D eigenvalue weighted by molar-refractivity contribution is 5.48. The molecule has 1 aromatic rings. The van der Waals surface area contributed by atoms with Crippen LogP contribution in [0, 0.1) is 5.82 Å². The van der Waals surface area contributed by atoms with E-state index in [1.165, 1.54) is 6.07 Å². The highest BCUT2D eigenvalue weighted by Crippen LogP contribution is 2.28. The lowest BCUT2D eigenvalue weighted by atomic mass is 10.1. The molecule has 15 heavy (non-hydrogen) atoms. The van der Waals surface area contributed by atoms with Gasteiger partial charge in [-0.05, 0) is 31.4 Å². The van der Waals surface area contributed by atoms with Crippen LogP contribution in [-0.4, -0.2) is 24.3 Å². The lowest BCUT2D eigenvalue weighted by molar-refractivity contribution is 0.163. The number of nitrogens with zero attached hydrogens (tertiary/aromatic N) is 1. The first kappa shape index (κ1) is 10.4. The summed E-state index contributed by atoms with van der Waals surface area (Å²) in [5.74, 6) is -0.223. The zero-order valence-corrected chi connectivity index (χ0v) is 8.86. The lowest BCUT2D eigenvalue weighted by Crippen LogP contribution is -2.37. The Balaban J connectivity index is 2.20. The fraction of sp³-hybridized carbons (Fsp3) is 0.500. The molecule has 0 aliphatic heterocycles. The smallest absolute Gasteiger partial charge is 0.146 e. The zero-order chi connectivity index (χ0) is 10.8. The van der Waals surface area contributed by atoms with Gasteiger partial charge in [-0.15, -0.1) is 0 Å². The molecule has 1 N–H and O–H groups in total. The van der Waals surface area contributed by atoms with Gasteiger partial charge in [0.05, 0.1) is 17.8 Å². The summed E-state index contributed by atoms with van der Waals surface area (Å²) < 4.78 is 13.5. The normalized spacial score (nSPS) is 25.5. The van der Waals surface area contributed by atoms with Gasteiger partial charge in [-0.1, -0.05) is 12.1 Å². The van der Waals surface area contributed by atoms with E-state index < -0.39 is 0 Å². The van der Waals surface area contributed by atoms with Gasteiger partial charge in [0.1, 0.15) is 5.82 Å². The zero-order valence-electron chi connectivity index (χ0n) is 8.86. The molecule has 0 aromatic heterocycles. The third-order valence-corrected chi connectivity index (χ3v) is 3.17. The number of anilines is 1. The van der Waals surface area contributed by atoms with E-state index >= 15 is 0 Å². The summed E-state index contributed by atoms with van der Waals surface area (Å²) in [5.41, 5.74) is 0.573. The van der Waals surface area contributed by atoms with Crippen LogP contribution < -0.4 is 4.90 Å². The SMILES string of the molecule is CN(c1ccccc1F)[C@H]1CCC[C@@H]1O. The van der Waals surface area contributed by atoms with Gasteiger partial charge in [0.2, 0.25) is 0 Å². The molecule has 82 valence electrons. The van der Waals surface area contributed by atoms with Crippen molar-refractivity contribution in [3.63, 3.8) is 0 Å². The highest BCUT2D eigenvalue weighted by Gasteiger charge is 2.29. The van der Waals surface area contributed by atoms with E-state index in [9.17, 15) is 9.50 Å². The van der Waals surface area contributed by atoms with Crippen molar-refractivity contribution in [2.75, 3.05) is 11.9 Å². The van der Waals surface area contributed by atoms with E-state index in [-0.39, 0.29) is 18.0 Å². The molecular weight excluding hydrogens is 193 g/mol. The number of benzene rings is 1. The summed E-state index contributed by atoms with van der Waals surface area (Å²) in [6.07, 6.45) is 2.45. The largest absolute Gasteiger partial charge is 0.391 e. The summed E-state index contributed by atoms with van der Waals surface area (Å²) in [6.45, 7) is 0. The summed E-state index contributed by atoms with van der Waals surface area (Å²) >= 11 is 0. The molecule has 1 aliphatic carbocycles. The van der Waals surface area contributed by atoms with Crippen LogP contribution in [0.2, 0.25) is 0 Å². The Kier molecular flexibility index (Phi) is 2.91. The minimum Gasteiger partial charge on any atom is -0.391 e. The average molecular weight is 209 g/mol. The second-order valence-corrected chi connectivity index (χ2v) is 4.13. The van der Waals surface area contributed by atoms with E-state index in [0.29, 0.717) is 5.69 Å². The van der Waals surface area contributed by atoms with Crippen LogP contribution >= 0.6 is 0 Å². The van der Waals surface area contributed by atoms with Crippen molar-refractivity contribution in [3.05, 3.63) is 30.1 Å². The Morgan fingerprint density at radius 2 is 2.07 bits per heavy atom. The fourth-order valence-corrected chi connectivity index (χ4v) is 2.29.